The summed E-state index contributed by atoms with van der Waals surface area (Å²) in [6.45, 7) is 6.43. The number of hydrogen-bond donors (Lipinski definition) is 0. The number of carbonyl (C=O) groups excluding carboxylic acids is 1. The van der Waals surface area contributed by atoms with E-state index in [1.807, 2.05) is 24.1 Å². The van der Waals surface area contributed by atoms with Gasteiger partial charge in [-0.15, -0.1) is 0 Å². The topological polar surface area (TPSA) is 20.3 Å². The number of carbonyl (C=O) groups is 1. The zero-order valence-corrected chi connectivity index (χ0v) is 9.95. The van der Waals surface area contributed by atoms with Gasteiger partial charge >= 0.3 is 0 Å². The first-order valence-corrected chi connectivity index (χ1v) is 5.32. The Bertz CT molecular complexity index is 344. The molecule has 15 heavy (non-hydrogen) atoms. The van der Waals surface area contributed by atoms with Gasteiger partial charge < -0.3 is 4.90 Å². The summed E-state index contributed by atoms with van der Waals surface area (Å²) < 4.78 is 0. The van der Waals surface area contributed by atoms with E-state index in [1.165, 1.54) is 5.56 Å². The SMILES string of the molecule is CC(=O)CN(C)c1ccccc1C(C)C. The van der Waals surface area contributed by atoms with E-state index in [0.29, 0.717) is 12.5 Å². The van der Waals surface area contributed by atoms with Gasteiger partial charge in [-0.2, -0.15) is 0 Å². The van der Waals surface area contributed by atoms with Gasteiger partial charge in [0.15, 0.2) is 0 Å². The number of rotatable bonds is 4. The molecular formula is C13H19NO. The molecule has 1 rings (SSSR count). The van der Waals surface area contributed by atoms with Crippen molar-refractivity contribution in [1.82, 2.24) is 0 Å². The molecule has 0 saturated carbocycles. The van der Waals surface area contributed by atoms with Crippen LogP contribution < -0.4 is 4.90 Å². The van der Waals surface area contributed by atoms with Crippen molar-refractivity contribution in [2.24, 2.45) is 0 Å². The van der Waals surface area contributed by atoms with Crippen LogP contribution in [0.5, 0.6) is 0 Å². The molecule has 0 aliphatic heterocycles. The molecule has 0 aliphatic rings. The van der Waals surface area contributed by atoms with Crippen LogP contribution >= 0.6 is 0 Å². The van der Waals surface area contributed by atoms with Crippen LogP contribution in [-0.4, -0.2) is 19.4 Å². The second-order valence-electron chi connectivity index (χ2n) is 4.27. The number of nitrogens with zero attached hydrogens (tertiary/aromatic N) is 1. The molecule has 0 atom stereocenters. The smallest absolute Gasteiger partial charge is 0.149 e. The lowest BCUT2D eigenvalue weighted by molar-refractivity contribution is -0.115. The maximum absolute atomic E-state index is 11.1. The minimum atomic E-state index is 0.191. The Morgan fingerprint density at radius 3 is 2.47 bits per heavy atom. The van der Waals surface area contributed by atoms with Crippen molar-refractivity contribution in [3.8, 4) is 0 Å². The zero-order valence-electron chi connectivity index (χ0n) is 9.95. The maximum atomic E-state index is 11.1. The van der Waals surface area contributed by atoms with Crippen LogP contribution in [0.1, 0.15) is 32.3 Å². The van der Waals surface area contributed by atoms with Crippen LogP contribution in [0.25, 0.3) is 0 Å². The Hall–Kier alpha value is -1.31. The van der Waals surface area contributed by atoms with E-state index in [9.17, 15) is 4.79 Å². The Kier molecular flexibility index (Phi) is 3.89. The lowest BCUT2D eigenvalue weighted by atomic mass is 10.0. The van der Waals surface area contributed by atoms with E-state index in [1.54, 1.807) is 6.92 Å². The number of benzene rings is 1. The third-order valence-electron chi connectivity index (χ3n) is 2.43. The van der Waals surface area contributed by atoms with E-state index in [-0.39, 0.29) is 5.78 Å². The average Bonchev–Trinajstić information content (AvgIpc) is 2.16. The largest absolute Gasteiger partial charge is 0.367 e. The Labute approximate surface area is 91.9 Å². The molecule has 0 amide bonds. The monoisotopic (exact) mass is 205 g/mol. The van der Waals surface area contributed by atoms with E-state index in [2.05, 4.69) is 26.0 Å². The van der Waals surface area contributed by atoms with Gasteiger partial charge in [-0.3, -0.25) is 4.79 Å². The van der Waals surface area contributed by atoms with Gasteiger partial charge in [0.05, 0.1) is 6.54 Å². The molecule has 82 valence electrons. The van der Waals surface area contributed by atoms with Gasteiger partial charge in [-0.25, -0.2) is 0 Å². The summed E-state index contributed by atoms with van der Waals surface area (Å²) in [7, 11) is 1.96. The fourth-order valence-electron chi connectivity index (χ4n) is 1.74. The first kappa shape index (κ1) is 11.8. The Balaban J connectivity index is 2.97. The van der Waals surface area contributed by atoms with Crippen molar-refractivity contribution in [3.05, 3.63) is 29.8 Å². The van der Waals surface area contributed by atoms with E-state index < -0.39 is 0 Å². The van der Waals surface area contributed by atoms with E-state index >= 15 is 0 Å². The lowest BCUT2D eigenvalue weighted by Gasteiger charge is -2.22. The summed E-state index contributed by atoms with van der Waals surface area (Å²) in [4.78, 5) is 13.1. The fourth-order valence-corrected chi connectivity index (χ4v) is 1.74. The summed E-state index contributed by atoms with van der Waals surface area (Å²) in [5.74, 6) is 0.673. The van der Waals surface area contributed by atoms with E-state index in [4.69, 9.17) is 0 Å². The number of para-hydroxylation sites is 1. The van der Waals surface area contributed by atoms with Crippen molar-refractivity contribution in [2.75, 3.05) is 18.5 Å². The molecule has 0 fully saturated rings. The average molecular weight is 205 g/mol. The predicted octanol–water partition coefficient (Wildman–Crippen LogP) is 2.84. The number of likely N-dealkylation sites (N-methyl/N-ethyl adjacent to an activating group) is 1. The van der Waals surface area contributed by atoms with Crippen LogP contribution in [0, 0.1) is 0 Å². The van der Waals surface area contributed by atoms with Gasteiger partial charge in [0.2, 0.25) is 0 Å². The minimum Gasteiger partial charge on any atom is -0.367 e. The summed E-state index contributed by atoms with van der Waals surface area (Å²) in [5.41, 5.74) is 2.45. The molecule has 0 aromatic heterocycles. The van der Waals surface area contributed by atoms with Gasteiger partial charge in [0.1, 0.15) is 5.78 Å². The molecule has 0 unspecified atom stereocenters. The van der Waals surface area contributed by atoms with Gasteiger partial charge in [0, 0.05) is 12.7 Å². The first-order valence-electron chi connectivity index (χ1n) is 5.32. The molecule has 1 aromatic rings. The van der Waals surface area contributed by atoms with Gasteiger partial charge in [-0.1, -0.05) is 32.0 Å². The number of ketones is 1. The van der Waals surface area contributed by atoms with Crippen LogP contribution in [0.4, 0.5) is 5.69 Å². The Morgan fingerprint density at radius 1 is 1.33 bits per heavy atom. The molecule has 1 aromatic carbocycles. The second kappa shape index (κ2) is 4.96. The van der Waals surface area contributed by atoms with Crippen molar-refractivity contribution in [1.29, 1.82) is 0 Å². The molecule has 2 nitrogen and oxygen atoms in total. The van der Waals surface area contributed by atoms with Crippen molar-refractivity contribution < 1.29 is 4.79 Å². The minimum absolute atomic E-state index is 0.191. The highest BCUT2D eigenvalue weighted by molar-refractivity contribution is 5.81. The number of Topliss-reactive ketones (excluding diaryl/α,β-unsaturated/α-hetero) is 1. The molecule has 0 N–H and O–H groups in total. The third kappa shape index (κ3) is 3.08. The fraction of sp³-hybridized carbons (Fsp3) is 0.462. The molecule has 0 saturated heterocycles. The highest BCUT2D eigenvalue weighted by atomic mass is 16.1. The highest BCUT2D eigenvalue weighted by Crippen LogP contribution is 2.26. The molecule has 0 aliphatic carbocycles. The maximum Gasteiger partial charge on any atom is 0.149 e. The predicted molar refractivity (Wildman–Crippen MR) is 64.5 cm³/mol. The van der Waals surface area contributed by atoms with Crippen LogP contribution in [-0.2, 0) is 4.79 Å². The normalized spacial score (nSPS) is 10.5. The number of anilines is 1. The first-order chi connectivity index (χ1) is 7.02. The molecule has 2 heteroatoms. The molecular weight excluding hydrogens is 186 g/mol. The summed E-state index contributed by atoms with van der Waals surface area (Å²) in [6, 6.07) is 8.24. The van der Waals surface area contributed by atoms with Crippen LogP contribution in [0.2, 0.25) is 0 Å². The quantitative estimate of drug-likeness (QED) is 0.753. The van der Waals surface area contributed by atoms with Crippen molar-refractivity contribution >= 4 is 11.5 Å². The highest BCUT2D eigenvalue weighted by Gasteiger charge is 2.10. The van der Waals surface area contributed by atoms with Crippen LogP contribution in [0.15, 0.2) is 24.3 Å². The standard InChI is InChI=1S/C13H19NO/c1-10(2)12-7-5-6-8-13(12)14(4)9-11(3)15/h5-8,10H,9H2,1-4H3. The Morgan fingerprint density at radius 2 is 1.93 bits per heavy atom. The summed E-state index contributed by atoms with van der Waals surface area (Å²) in [5, 5.41) is 0. The lowest BCUT2D eigenvalue weighted by Crippen LogP contribution is -2.24. The molecule has 0 spiro atoms. The van der Waals surface area contributed by atoms with Crippen molar-refractivity contribution in [3.63, 3.8) is 0 Å². The molecule has 0 heterocycles. The van der Waals surface area contributed by atoms with Crippen LogP contribution in [0.3, 0.4) is 0 Å². The van der Waals surface area contributed by atoms with E-state index in [0.717, 1.165) is 5.69 Å². The summed E-state index contributed by atoms with van der Waals surface area (Å²) >= 11 is 0. The molecule has 0 bridgehead atoms. The van der Waals surface area contributed by atoms with Crippen molar-refractivity contribution in [2.45, 2.75) is 26.7 Å². The van der Waals surface area contributed by atoms with Gasteiger partial charge in [-0.05, 0) is 24.5 Å². The van der Waals surface area contributed by atoms with Gasteiger partial charge in [0.25, 0.3) is 0 Å². The summed E-state index contributed by atoms with van der Waals surface area (Å²) in [6.07, 6.45) is 0. The zero-order chi connectivity index (χ0) is 11.4. The number of hydrogen-bond acceptors (Lipinski definition) is 2. The molecule has 0 radical (unpaired) electrons. The third-order valence-corrected chi connectivity index (χ3v) is 2.43. The second-order valence-corrected chi connectivity index (χ2v) is 4.27.